The topological polar surface area (TPSA) is 76.6 Å². The Hall–Kier alpha value is -1.51. The van der Waals surface area contributed by atoms with Crippen molar-refractivity contribution < 1.29 is 0 Å². The molecule has 1 unspecified atom stereocenters. The number of H-pyrrole nitrogens is 1. The van der Waals surface area contributed by atoms with E-state index >= 15 is 0 Å². The van der Waals surface area contributed by atoms with Crippen molar-refractivity contribution in [3.63, 3.8) is 0 Å². The first-order valence-electron chi connectivity index (χ1n) is 4.51. The molecule has 0 aliphatic heterocycles. The van der Waals surface area contributed by atoms with Crippen molar-refractivity contribution in [2.24, 2.45) is 0 Å². The molecule has 1 aliphatic carbocycles. The quantitative estimate of drug-likeness (QED) is 0.689. The molecule has 0 bridgehead atoms. The third kappa shape index (κ3) is 3.93. The summed E-state index contributed by atoms with van der Waals surface area (Å²) in [6, 6.07) is 8.49. The van der Waals surface area contributed by atoms with Crippen LogP contribution in [0, 0.1) is 0 Å². The van der Waals surface area contributed by atoms with Crippen LogP contribution in [0.2, 0.25) is 0 Å². The van der Waals surface area contributed by atoms with Gasteiger partial charge in [0.05, 0.1) is 6.20 Å². The highest BCUT2D eigenvalue weighted by molar-refractivity contribution is 6.92. The first kappa shape index (κ1) is 14.5. The molecule has 4 nitrogen and oxygen atoms in total. The summed E-state index contributed by atoms with van der Waals surface area (Å²) in [4.78, 5) is 0. The number of rotatable bonds is 0. The Morgan fingerprint density at radius 1 is 1.19 bits per heavy atom. The molecule has 2 aromatic rings. The average Bonchev–Trinajstić information content (AvgIpc) is 2.92. The summed E-state index contributed by atoms with van der Waals surface area (Å²) < 4.78 is 0. The number of allylic oxidation sites excluding steroid dienone is 1. The van der Waals surface area contributed by atoms with Gasteiger partial charge in [0, 0.05) is 6.20 Å². The third-order valence-corrected chi connectivity index (χ3v) is 2.02. The molecule has 1 aromatic heterocycles. The van der Waals surface area contributed by atoms with E-state index in [9.17, 15) is 0 Å². The lowest BCUT2D eigenvalue weighted by Crippen LogP contribution is -1.76. The van der Waals surface area contributed by atoms with E-state index in [2.05, 4.69) is 51.8 Å². The third-order valence-electron chi connectivity index (χ3n) is 2.02. The summed E-state index contributed by atoms with van der Waals surface area (Å²) in [6.07, 6.45) is 8.73. The molecule has 86 valence electrons. The second kappa shape index (κ2) is 7.74. The van der Waals surface area contributed by atoms with Crippen molar-refractivity contribution in [1.29, 1.82) is 0 Å². The molecule has 0 saturated carbocycles. The minimum atomic E-state index is 0. The first-order chi connectivity index (χ1) is 6.97. The Morgan fingerprint density at radius 3 is 2.56 bits per heavy atom. The van der Waals surface area contributed by atoms with Gasteiger partial charge in [0.15, 0.2) is 0 Å². The van der Waals surface area contributed by atoms with E-state index in [1.54, 1.807) is 12.4 Å². The van der Waals surface area contributed by atoms with Crippen LogP contribution in [0.4, 0.5) is 0 Å². The molecular weight excluding hydrogens is 219 g/mol. The van der Waals surface area contributed by atoms with Crippen LogP contribution < -0.4 is 6.15 Å². The molecular formula is C11H17N4P. The van der Waals surface area contributed by atoms with Crippen molar-refractivity contribution in [3.05, 3.63) is 53.9 Å². The van der Waals surface area contributed by atoms with Gasteiger partial charge in [-0.3, -0.25) is 5.10 Å². The summed E-state index contributed by atoms with van der Waals surface area (Å²) in [5.74, 6) is 0. The van der Waals surface area contributed by atoms with Gasteiger partial charge in [-0.15, -0.1) is 5.10 Å². The Kier molecular flexibility index (Phi) is 7.01. The minimum absolute atomic E-state index is 0. The molecule has 1 atom stereocenters. The summed E-state index contributed by atoms with van der Waals surface area (Å²) in [7, 11) is 0. The molecule has 0 saturated heterocycles. The van der Waals surface area contributed by atoms with Crippen molar-refractivity contribution in [2.75, 3.05) is 0 Å². The van der Waals surface area contributed by atoms with E-state index < -0.39 is 0 Å². The molecule has 1 aliphatic rings. The highest BCUT2D eigenvalue weighted by atomic mass is 31.0. The van der Waals surface area contributed by atoms with Gasteiger partial charge in [0.1, 0.15) is 0 Å². The molecule has 0 amide bonds. The van der Waals surface area contributed by atoms with Gasteiger partial charge in [-0.2, -0.15) is 9.90 Å². The number of nitrogens with zero attached hydrogens (tertiary/aromatic N) is 2. The number of benzene rings is 1. The van der Waals surface area contributed by atoms with Crippen molar-refractivity contribution in [1.82, 2.24) is 21.6 Å². The smallest absolute Gasteiger partial charge is 0.0690 e. The van der Waals surface area contributed by atoms with Crippen LogP contribution in [0.15, 0.2) is 42.7 Å². The number of fused-ring (bicyclic) bond motifs is 1. The standard InChI is InChI=1S/C9H8.C2H3N3.H3N.H3P/c1-2-5-9-7-3-6-8(9)4-1;1-2-4-5-3-1;;/h1-6H,7H2;1-2H,(H,3,4,5);2*1H3. The number of nitrogens with one attached hydrogen (secondary N) is 1. The maximum Gasteiger partial charge on any atom is 0.0690 e. The van der Waals surface area contributed by atoms with E-state index in [1.807, 2.05) is 0 Å². The highest BCUT2D eigenvalue weighted by Crippen LogP contribution is 2.17. The van der Waals surface area contributed by atoms with Crippen LogP contribution >= 0.6 is 9.90 Å². The van der Waals surface area contributed by atoms with Crippen LogP contribution in [0.1, 0.15) is 11.1 Å². The second-order valence-corrected chi connectivity index (χ2v) is 2.97. The maximum absolute atomic E-state index is 3.42. The summed E-state index contributed by atoms with van der Waals surface area (Å²) in [5.41, 5.74) is 2.84. The zero-order valence-corrected chi connectivity index (χ0v) is 10.5. The van der Waals surface area contributed by atoms with Crippen molar-refractivity contribution in [3.8, 4) is 0 Å². The van der Waals surface area contributed by atoms with Gasteiger partial charge in [-0.1, -0.05) is 41.6 Å². The lowest BCUT2D eigenvalue weighted by molar-refractivity contribution is 0.940. The van der Waals surface area contributed by atoms with E-state index in [0.29, 0.717) is 0 Å². The normalized spacial score (nSPS) is 10.2. The van der Waals surface area contributed by atoms with Gasteiger partial charge in [0.2, 0.25) is 0 Å². The zero-order valence-electron chi connectivity index (χ0n) is 9.13. The Morgan fingerprint density at radius 2 is 2.00 bits per heavy atom. The fourth-order valence-corrected chi connectivity index (χ4v) is 1.36. The fourth-order valence-electron chi connectivity index (χ4n) is 1.36. The van der Waals surface area contributed by atoms with Crippen molar-refractivity contribution in [2.45, 2.75) is 6.42 Å². The summed E-state index contributed by atoms with van der Waals surface area (Å²) >= 11 is 0. The Bertz CT molecular complexity index is 394. The number of hydrogen-bond acceptors (Lipinski definition) is 3. The summed E-state index contributed by atoms with van der Waals surface area (Å²) in [5, 5.41) is 9.26. The number of hydrogen-bond donors (Lipinski definition) is 2. The fraction of sp³-hybridized carbons (Fsp3) is 0.0909. The first-order valence-corrected chi connectivity index (χ1v) is 4.51. The van der Waals surface area contributed by atoms with Crippen LogP contribution in [-0.2, 0) is 6.42 Å². The SMILES string of the molecule is C1=Cc2ccccc2C1.N.P.c1c[nH]nn1. The van der Waals surface area contributed by atoms with E-state index in [0.717, 1.165) is 6.42 Å². The maximum atomic E-state index is 3.42. The van der Waals surface area contributed by atoms with Crippen molar-refractivity contribution >= 4 is 16.0 Å². The van der Waals surface area contributed by atoms with Crippen LogP contribution in [0.5, 0.6) is 0 Å². The lowest BCUT2D eigenvalue weighted by atomic mass is 10.1. The molecule has 4 N–H and O–H groups in total. The van der Waals surface area contributed by atoms with Gasteiger partial charge >= 0.3 is 0 Å². The molecule has 1 heterocycles. The monoisotopic (exact) mass is 236 g/mol. The molecule has 3 rings (SSSR count). The number of aromatic nitrogens is 3. The van der Waals surface area contributed by atoms with Gasteiger partial charge in [0.25, 0.3) is 0 Å². The predicted octanol–water partition coefficient (Wildman–Crippen LogP) is 2.28. The van der Waals surface area contributed by atoms with Crippen LogP contribution in [0.25, 0.3) is 6.08 Å². The summed E-state index contributed by atoms with van der Waals surface area (Å²) in [6.45, 7) is 0. The molecule has 0 radical (unpaired) electrons. The molecule has 0 fully saturated rings. The van der Waals surface area contributed by atoms with E-state index in [4.69, 9.17) is 0 Å². The van der Waals surface area contributed by atoms with Gasteiger partial charge in [-0.05, 0) is 17.5 Å². The molecule has 16 heavy (non-hydrogen) atoms. The molecule has 1 aromatic carbocycles. The highest BCUT2D eigenvalue weighted by Gasteiger charge is 2.00. The lowest BCUT2D eigenvalue weighted by Gasteiger charge is -1.93. The Labute approximate surface area is 98.4 Å². The largest absolute Gasteiger partial charge is 0.344 e. The van der Waals surface area contributed by atoms with Gasteiger partial charge in [-0.25, -0.2) is 0 Å². The van der Waals surface area contributed by atoms with Gasteiger partial charge < -0.3 is 6.15 Å². The van der Waals surface area contributed by atoms with Crippen LogP contribution in [0.3, 0.4) is 0 Å². The van der Waals surface area contributed by atoms with E-state index in [-0.39, 0.29) is 16.0 Å². The second-order valence-electron chi connectivity index (χ2n) is 2.97. The van der Waals surface area contributed by atoms with Crippen LogP contribution in [-0.4, -0.2) is 15.4 Å². The molecule has 5 heteroatoms. The molecule has 0 spiro atoms. The average molecular weight is 236 g/mol. The predicted molar refractivity (Wildman–Crippen MR) is 71.7 cm³/mol. The number of aromatic amines is 1. The van der Waals surface area contributed by atoms with E-state index in [1.165, 1.54) is 11.1 Å². The zero-order chi connectivity index (χ0) is 9.64. The Balaban J connectivity index is 0.000000282. The minimum Gasteiger partial charge on any atom is -0.344 e.